The molecule has 148 valence electrons. The molecule has 0 saturated carbocycles. The fraction of sp³-hybridized carbons (Fsp3) is 0.423. The lowest BCUT2D eigenvalue weighted by molar-refractivity contribution is 0.302. The summed E-state index contributed by atoms with van der Waals surface area (Å²) in [6, 6.07) is 14.7. The Labute approximate surface area is 170 Å². The van der Waals surface area contributed by atoms with Crippen LogP contribution in [-0.2, 0) is 0 Å². The monoisotopic (exact) mass is 375 g/mol. The van der Waals surface area contributed by atoms with Crippen LogP contribution in [0.15, 0.2) is 36.4 Å². The maximum atomic E-state index is 9.64. The van der Waals surface area contributed by atoms with E-state index >= 15 is 0 Å². The third kappa shape index (κ3) is 6.57. The van der Waals surface area contributed by atoms with E-state index in [-0.39, 0.29) is 0 Å². The number of nitriles is 1. The van der Waals surface area contributed by atoms with Crippen molar-refractivity contribution in [2.24, 2.45) is 0 Å². The molecule has 0 heterocycles. The minimum atomic E-state index is 0.675. The molecule has 0 fully saturated rings. The first-order valence-corrected chi connectivity index (χ1v) is 10.5. The van der Waals surface area contributed by atoms with Gasteiger partial charge < -0.3 is 4.74 Å². The van der Waals surface area contributed by atoms with Crippen LogP contribution in [0.3, 0.4) is 0 Å². The van der Waals surface area contributed by atoms with Crippen molar-refractivity contribution in [1.82, 2.24) is 0 Å². The highest BCUT2D eigenvalue weighted by molar-refractivity contribution is 5.90. The van der Waals surface area contributed by atoms with Gasteiger partial charge in [0.05, 0.1) is 18.2 Å². The lowest BCUT2D eigenvalue weighted by Gasteiger charge is -2.10. The number of unbranched alkanes of at least 4 members (excludes halogenated alkanes) is 5. The molecule has 2 aromatic carbocycles. The van der Waals surface area contributed by atoms with Gasteiger partial charge in [0.2, 0.25) is 0 Å². The van der Waals surface area contributed by atoms with Gasteiger partial charge in [0.15, 0.2) is 0 Å². The van der Waals surface area contributed by atoms with Crippen LogP contribution in [0.4, 0.5) is 0 Å². The average Bonchev–Trinajstić information content (AvgIpc) is 2.69. The van der Waals surface area contributed by atoms with E-state index < -0.39 is 0 Å². The first-order valence-electron chi connectivity index (χ1n) is 10.5. The van der Waals surface area contributed by atoms with E-state index in [0.717, 1.165) is 35.5 Å². The first-order chi connectivity index (χ1) is 13.5. The quantitative estimate of drug-likeness (QED) is 0.246. The molecule has 2 heteroatoms. The lowest BCUT2D eigenvalue weighted by atomic mass is 9.99. The van der Waals surface area contributed by atoms with E-state index in [1.54, 1.807) is 0 Å². The Morgan fingerprint density at radius 3 is 2.32 bits per heavy atom. The van der Waals surface area contributed by atoms with E-state index in [1.807, 2.05) is 24.3 Å². The number of hydrogen-bond donors (Lipinski definition) is 0. The van der Waals surface area contributed by atoms with E-state index in [9.17, 15) is 5.26 Å². The summed E-state index contributed by atoms with van der Waals surface area (Å²) in [5, 5.41) is 9.64. The topological polar surface area (TPSA) is 33.0 Å². The summed E-state index contributed by atoms with van der Waals surface area (Å²) in [5.74, 6) is 0.916. The minimum Gasteiger partial charge on any atom is -0.493 e. The van der Waals surface area contributed by atoms with Gasteiger partial charge in [0.25, 0.3) is 0 Å². The van der Waals surface area contributed by atoms with Crippen molar-refractivity contribution >= 4 is 11.6 Å². The zero-order valence-corrected chi connectivity index (χ0v) is 17.8. The number of benzene rings is 2. The fourth-order valence-corrected chi connectivity index (χ4v) is 3.18. The van der Waals surface area contributed by atoms with Gasteiger partial charge in [-0.15, -0.1) is 0 Å². The van der Waals surface area contributed by atoms with Crippen LogP contribution in [0.1, 0.15) is 73.3 Å². The Morgan fingerprint density at radius 1 is 0.893 bits per heavy atom. The van der Waals surface area contributed by atoms with Gasteiger partial charge in [-0.3, -0.25) is 0 Å². The first kappa shape index (κ1) is 21.8. The number of ether oxygens (including phenoxy) is 1. The standard InChI is InChI=1S/C26H33NO/c1-5-6-7-8-9-10-15-28-26-18-23(13-11-21(26)3)17-25(19-27)24-14-12-20(2)22(4)16-24/h11-14,16-18H,5-10,15H2,1-4H3/b25-17+. The second-order valence-electron chi connectivity index (χ2n) is 7.61. The Kier molecular flexibility index (Phi) is 8.82. The Hall–Kier alpha value is -2.53. The third-order valence-corrected chi connectivity index (χ3v) is 5.22. The second kappa shape index (κ2) is 11.3. The van der Waals surface area contributed by atoms with Crippen LogP contribution in [0, 0.1) is 32.1 Å². The largest absolute Gasteiger partial charge is 0.493 e. The zero-order chi connectivity index (χ0) is 20.4. The molecular weight excluding hydrogens is 342 g/mol. The Bertz CT molecular complexity index is 842. The van der Waals surface area contributed by atoms with Crippen LogP contribution in [0.2, 0.25) is 0 Å². The molecule has 2 aromatic rings. The van der Waals surface area contributed by atoms with Gasteiger partial charge in [0, 0.05) is 0 Å². The molecule has 0 amide bonds. The van der Waals surface area contributed by atoms with Gasteiger partial charge >= 0.3 is 0 Å². The zero-order valence-electron chi connectivity index (χ0n) is 17.8. The second-order valence-corrected chi connectivity index (χ2v) is 7.61. The van der Waals surface area contributed by atoms with Crippen LogP contribution < -0.4 is 4.74 Å². The van der Waals surface area contributed by atoms with Crippen molar-refractivity contribution < 1.29 is 4.74 Å². The van der Waals surface area contributed by atoms with E-state index in [1.165, 1.54) is 43.2 Å². The Balaban J connectivity index is 2.05. The maximum absolute atomic E-state index is 9.64. The summed E-state index contributed by atoms with van der Waals surface area (Å²) in [5.41, 5.74) is 6.20. The molecule has 0 radical (unpaired) electrons. The number of nitrogens with zero attached hydrogens (tertiary/aromatic N) is 1. The number of rotatable bonds is 10. The smallest absolute Gasteiger partial charge is 0.122 e. The fourth-order valence-electron chi connectivity index (χ4n) is 3.18. The van der Waals surface area contributed by atoms with Crippen LogP contribution >= 0.6 is 0 Å². The molecule has 0 aromatic heterocycles. The van der Waals surface area contributed by atoms with Crippen molar-refractivity contribution in [2.45, 2.75) is 66.2 Å². The van der Waals surface area contributed by atoms with E-state index in [0.29, 0.717) is 5.57 Å². The predicted octanol–water partition coefficient (Wildman–Crippen LogP) is 7.42. The number of allylic oxidation sites excluding steroid dienone is 1. The average molecular weight is 376 g/mol. The molecule has 0 bridgehead atoms. The number of aryl methyl sites for hydroxylation is 3. The summed E-state index contributed by atoms with van der Waals surface area (Å²) < 4.78 is 6.03. The van der Waals surface area contributed by atoms with Crippen molar-refractivity contribution in [2.75, 3.05) is 6.61 Å². The van der Waals surface area contributed by atoms with Crippen LogP contribution in [0.25, 0.3) is 11.6 Å². The van der Waals surface area contributed by atoms with Crippen molar-refractivity contribution in [3.05, 3.63) is 64.2 Å². The summed E-state index contributed by atoms with van der Waals surface area (Å²) in [7, 11) is 0. The summed E-state index contributed by atoms with van der Waals surface area (Å²) in [6.45, 7) is 9.22. The highest BCUT2D eigenvalue weighted by Crippen LogP contribution is 2.25. The SMILES string of the molecule is CCCCCCCCOc1cc(/C=C(\C#N)c2ccc(C)c(C)c2)ccc1C. The highest BCUT2D eigenvalue weighted by atomic mass is 16.5. The molecule has 0 spiro atoms. The molecular formula is C26H33NO. The maximum Gasteiger partial charge on any atom is 0.122 e. The molecule has 0 atom stereocenters. The molecule has 0 aliphatic heterocycles. The summed E-state index contributed by atoms with van der Waals surface area (Å²) in [4.78, 5) is 0. The van der Waals surface area contributed by atoms with Crippen molar-refractivity contribution in [1.29, 1.82) is 5.26 Å². The minimum absolute atomic E-state index is 0.675. The van der Waals surface area contributed by atoms with Crippen LogP contribution in [0.5, 0.6) is 5.75 Å². The summed E-state index contributed by atoms with van der Waals surface area (Å²) >= 11 is 0. The van der Waals surface area contributed by atoms with Gasteiger partial charge in [-0.1, -0.05) is 69.4 Å². The lowest BCUT2D eigenvalue weighted by Crippen LogP contribution is -1.99. The molecule has 28 heavy (non-hydrogen) atoms. The van der Waals surface area contributed by atoms with E-state index in [2.05, 4.69) is 52.0 Å². The van der Waals surface area contributed by atoms with Gasteiger partial charge in [-0.05, 0) is 67.2 Å². The molecule has 2 rings (SSSR count). The summed E-state index contributed by atoms with van der Waals surface area (Å²) in [6.07, 6.45) is 9.49. The molecule has 0 saturated heterocycles. The molecule has 0 unspecified atom stereocenters. The Morgan fingerprint density at radius 2 is 1.61 bits per heavy atom. The van der Waals surface area contributed by atoms with E-state index in [4.69, 9.17) is 4.74 Å². The van der Waals surface area contributed by atoms with Gasteiger partial charge in [0.1, 0.15) is 5.75 Å². The molecule has 0 aliphatic carbocycles. The highest BCUT2D eigenvalue weighted by Gasteiger charge is 2.05. The van der Waals surface area contributed by atoms with Gasteiger partial charge in [-0.25, -0.2) is 0 Å². The third-order valence-electron chi connectivity index (χ3n) is 5.22. The predicted molar refractivity (Wildman–Crippen MR) is 119 cm³/mol. The molecule has 0 aliphatic rings. The molecule has 0 N–H and O–H groups in total. The van der Waals surface area contributed by atoms with Crippen molar-refractivity contribution in [3.8, 4) is 11.8 Å². The number of hydrogen-bond acceptors (Lipinski definition) is 2. The van der Waals surface area contributed by atoms with Crippen molar-refractivity contribution in [3.63, 3.8) is 0 Å². The van der Waals surface area contributed by atoms with Gasteiger partial charge in [-0.2, -0.15) is 5.26 Å². The molecule has 2 nitrogen and oxygen atoms in total. The normalized spacial score (nSPS) is 11.3. The van der Waals surface area contributed by atoms with Crippen LogP contribution in [-0.4, -0.2) is 6.61 Å².